The summed E-state index contributed by atoms with van der Waals surface area (Å²) < 4.78 is 46.5. The molecular weight excluding hydrogens is 498 g/mol. The average molecular weight is 524 g/mol. The van der Waals surface area contributed by atoms with E-state index in [1.54, 1.807) is 30.3 Å². The van der Waals surface area contributed by atoms with Crippen LogP contribution in [0.1, 0.15) is 25.3 Å². The normalized spacial score (nSPS) is 11.3. The fourth-order valence-electron chi connectivity index (χ4n) is 3.31. The van der Waals surface area contributed by atoms with Crippen molar-refractivity contribution in [2.45, 2.75) is 24.8 Å². The van der Waals surface area contributed by atoms with Gasteiger partial charge in [0.25, 0.3) is 15.9 Å². The number of para-hydroxylation sites is 2. The summed E-state index contributed by atoms with van der Waals surface area (Å²) in [5, 5.41) is 11.3. The van der Waals surface area contributed by atoms with Gasteiger partial charge in [-0.15, -0.1) is 0 Å². The van der Waals surface area contributed by atoms with Crippen LogP contribution in [0.15, 0.2) is 72.1 Å². The summed E-state index contributed by atoms with van der Waals surface area (Å²) in [5.41, 5.74) is 1.35. The van der Waals surface area contributed by atoms with Crippen molar-refractivity contribution >= 4 is 15.8 Å². The maximum Gasteiger partial charge on any atom is 0.280 e. The van der Waals surface area contributed by atoms with E-state index in [4.69, 9.17) is 14.2 Å². The molecule has 12 heteroatoms. The zero-order valence-electron chi connectivity index (χ0n) is 20.6. The van der Waals surface area contributed by atoms with Crippen molar-refractivity contribution in [3.63, 3.8) is 0 Å². The lowest BCUT2D eigenvalue weighted by Gasteiger charge is -2.17. The Morgan fingerprint density at radius 1 is 0.946 bits per heavy atom. The molecular formula is C25H25N5O6S. The van der Waals surface area contributed by atoms with Crippen LogP contribution < -0.4 is 23.7 Å². The Kier molecular flexibility index (Phi) is 7.39. The Hall–Kier alpha value is -4.45. The Bertz CT molecular complexity index is 1490. The summed E-state index contributed by atoms with van der Waals surface area (Å²) >= 11 is 0. The van der Waals surface area contributed by atoms with Crippen LogP contribution in [0.2, 0.25) is 0 Å². The van der Waals surface area contributed by atoms with E-state index in [0.29, 0.717) is 16.0 Å². The van der Waals surface area contributed by atoms with Crippen molar-refractivity contribution in [1.29, 1.82) is 0 Å². The SMILES string of the molecule is COc1ccccc1Oc1c(NS(=O)(=O)c2ccc(C(C)C)cn2)nc(-c2cc[n+]([O-])cc2)nc1OC. The molecule has 0 fully saturated rings. The third kappa shape index (κ3) is 5.70. The van der Waals surface area contributed by atoms with Crippen LogP contribution >= 0.6 is 0 Å². The molecule has 0 unspecified atom stereocenters. The fraction of sp³-hybridized carbons (Fsp3) is 0.200. The number of nitrogens with one attached hydrogen (secondary N) is 1. The number of methoxy groups -OCH3 is 2. The van der Waals surface area contributed by atoms with E-state index in [0.717, 1.165) is 5.56 Å². The van der Waals surface area contributed by atoms with Gasteiger partial charge >= 0.3 is 0 Å². The molecule has 3 heterocycles. The molecule has 11 nitrogen and oxygen atoms in total. The van der Waals surface area contributed by atoms with Crippen molar-refractivity contribution in [1.82, 2.24) is 15.0 Å². The number of nitrogens with zero attached hydrogens (tertiary/aromatic N) is 4. The van der Waals surface area contributed by atoms with Gasteiger partial charge in [0.2, 0.25) is 5.75 Å². The van der Waals surface area contributed by atoms with E-state index in [1.165, 1.54) is 51.0 Å². The maximum atomic E-state index is 13.3. The first-order valence-corrected chi connectivity index (χ1v) is 12.6. The Labute approximate surface area is 214 Å². The smallest absolute Gasteiger partial charge is 0.280 e. The summed E-state index contributed by atoms with van der Waals surface area (Å²) in [5.74, 6) is 0.643. The summed E-state index contributed by atoms with van der Waals surface area (Å²) in [6.45, 7) is 3.97. The number of aromatic nitrogens is 4. The second-order valence-electron chi connectivity index (χ2n) is 8.12. The lowest BCUT2D eigenvalue weighted by molar-refractivity contribution is -0.605. The molecule has 0 saturated carbocycles. The lowest BCUT2D eigenvalue weighted by Crippen LogP contribution is -2.23. The molecule has 0 aliphatic rings. The van der Waals surface area contributed by atoms with Crippen LogP contribution in [0.3, 0.4) is 0 Å². The lowest BCUT2D eigenvalue weighted by atomic mass is 10.1. The molecule has 3 aromatic heterocycles. The van der Waals surface area contributed by atoms with Crippen LogP contribution in [0.5, 0.6) is 23.1 Å². The van der Waals surface area contributed by atoms with Gasteiger partial charge in [-0.2, -0.15) is 18.1 Å². The number of rotatable bonds is 9. The Morgan fingerprint density at radius 2 is 1.65 bits per heavy atom. The maximum absolute atomic E-state index is 13.3. The van der Waals surface area contributed by atoms with Crippen molar-refractivity contribution in [3.05, 3.63) is 77.9 Å². The highest BCUT2D eigenvalue weighted by molar-refractivity contribution is 7.92. The summed E-state index contributed by atoms with van der Waals surface area (Å²) in [6.07, 6.45) is 4.06. The number of ether oxygens (including phenoxy) is 3. The molecule has 4 rings (SSSR count). The zero-order valence-corrected chi connectivity index (χ0v) is 21.4. The molecule has 192 valence electrons. The molecule has 0 bridgehead atoms. The number of pyridine rings is 2. The Balaban J connectivity index is 1.84. The minimum absolute atomic E-state index is 0.0458. The zero-order chi connectivity index (χ0) is 26.6. The largest absolute Gasteiger partial charge is 0.619 e. The van der Waals surface area contributed by atoms with Gasteiger partial charge in [0.05, 0.1) is 14.2 Å². The van der Waals surface area contributed by atoms with Gasteiger partial charge in [0, 0.05) is 23.9 Å². The fourth-order valence-corrected chi connectivity index (χ4v) is 4.24. The Morgan fingerprint density at radius 3 is 2.24 bits per heavy atom. The van der Waals surface area contributed by atoms with E-state index >= 15 is 0 Å². The van der Waals surface area contributed by atoms with Crippen molar-refractivity contribution in [3.8, 4) is 34.5 Å². The van der Waals surface area contributed by atoms with Gasteiger partial charge in [-0.3, -0.25) is 4.72 Å². The molecule has 37 heavy (non-hydrogen) atoms. The minimum Gasteiger partial charge on any atom is -0.619 e. The van der Waals surface area contributed by atoms with Gasteiger partial charge in [0.1, 0.15) is 0 Å². The first-order chi connectivity index (χ1) is 17.7. The number of hydrogen-bond donors (Lipinski definition) is 1. The highest BCUT2D eigenvalue weighted by Crippen LogP contribution is 2.41. The summed E-state index contributed by atoms with van der Waals surface area (Å²) in [4.78, 5) is 12.9. The van der Waals surface area contributed by atoms with Crippen LogP contribution in [-0.2, 0) is 10.0 Å². The average Bonchev–Trinajstić information content (AvgIpc) is 2.90. The number of hydrogen-bond acceptors (Lipinski definition) is 9. The van der Waals surface area contributed by atoms with Gasteiger partial charge in [-0.05, 0) is 29.7 Å². The summed E-state index contributed by atoms with van der Waals surface area (Å²) in [6, 6.07) is 12.9. The third-order valence-corrected chi connectivity index (χ3v) is 6.56. The van der Waals surface area contributed by atoms with Gasteiger partial charge in [0.15, 0.2) is 40.6 Å². The van der Waals surface area contributed by atoms with E-state index < -0.39 is 10.0 Å². The number of anilines is 1. The monoisotopic (exact) mass is 523 g/mol. The van der Waals surface area contributed by atoms with E-state index in [1.807, 2.05) is 13.8 Å². The first-order valence-electron chi connectivity index (χ1n) is 11.2. The topological polar surface area (TPSA) is 139 Å². The second kappa shape index (κ2) is 10.7. The standard InChI is InChI=1S/C25H25N5O6S/c1-16(2)18-9-10-21(26-15-18)37(32,33)29-24-22(36-20-8-6-5-7-19(20)34-3)25(35-4)28-23(27-24)17-11-13-30(31)14-12-17/h5-16H,1-4H3,(H,27,28,29). The molecule has 0 atom stereocenters. The van der Waals surface area contributed by atoms with Crippen LogP contribution in [-0.4, -0.2) is 37.6 Å². The molecule has 0 spiro atoms. The first kappa shape index (κ1) is 25.6. The summed E-state index contributed by atoms with van der Waals surface area (Å²) in [7, 11) is -1.35. The van der Waals surface area contributed by atoms with Gasteiger partial charge < -0.3 is 19.4 Å². The van der Waals surface area contributed by atoms with Crippen molar-refractivity contribution in [2.75, 3.05) is 18.9 Å². The third-order valence-electron chi connectivity index (χ3n) is 5.30. The number of benzene rings is 1. The molecule has 1 aromatic carbocycles. The predicted molar refractivity (Wildman–Crippen MR) is 135 cm³/mol. The van der Waals surface area contributed by atoms with Crippen molar-refractivity contribution in [2.24, 2.45) is 0 Å². The van der Waals surface area contributed by atoms with Crippen LogP contribution in [0.25, 0.3) is 11.4 Å². The quantitative estimate of drug-likeness (QED) is 0.255. The molecule has 0 aliphatic heterocycles. The van der Waals surface area contributed by atoms with Crippen LogP contribution in [0.4, 0.5) is 5.82 Å². The van der Waals surface area contributed by atoms with E-state index in [-0.39, 0.29) is 40.0 Å². The minimum atomic E-state index is -4.19. The van der Waals surface area contributed by atoms with Crippen molar-refractivity contribution < 1.29 is 27.4 Å². The molecule has 4 aromatic rings. The van der Waals surface area contributed by atoms with Crippen LogP contribution in [0, 0.1) is 5.21 Å². The molecule has 1 N–H and O–H groups in total. The number of sulfonamides is 1. The highest BCUT2D eigenvalue weighted by Gasteiger charge is 2.26. The molecule has 0 amide bonds. The second-order valence-corrected chi connectivity index (χ2v) is 9.75. The molecule has 0 aliphatic carbocycles. The van der Waals surface area contributed by atoms with Gasteiger partial charge in [-0.1, -0.05) is 32.0 Å². The predicted octanol–water partition coefficient (Wildman–Crippen LogP) is 3.91. The molecule has 0 radical (unpaired) electrons. The molecule has 0 saturated heterocycles. The van der Waals surface area contributed by atoms with E-state index in [9.17, 15) is 13.6 Å². The van der Waals surface area contributed by atoms with E-state index in [2.05, 4.69) is 19.7 Å². The van der Waals surface area contributed by atoms with Gasteiger partial charge in [-0.25, -0.2) is 9.97 Å². The highest BCUT2D eigenvalue weighted by atomic mass is 32.2.